The molecule has 0 aliphatic heterocycles. The Morgan fingerprint density at radius 3 is 2.42 bits per heavy atom. The van der Waals surface area contributed by atoms with E-state index >= 15 is 0 Å². The van der Waals surface area contributed by atoms with Gasteiger partial charge in [-0.15, -0.1) is 0 Å². The van der Waals surface area contributed by atoms with Crippen molar-refractivity contribution in [2.24, 2.45) is 0 Å². The monoisotopic (exact) mass is 197 g/mol. The minimum atomic E-state index is -4.12. The van der Waals surface area contributed by atoms with Gasteiger partial charge in [0.1, 0.15) is 6.73 Å². The van der Waals surface area contributed by atoms with E-state index in [1.807, 2.05) is 0 Å². The summed E-state index contributed by atoms with van der Waals surface area (Å²) in [5.74, 6) is -0.634. The lowest BCUT2D eigenvalue weighted by Gasteiger charge is -2.22. The van der Waals surface area contributed by atoms with Crippen molar-refractivity contribution in [2.45, 2.75) is 13.3 Å². The summed E-state index contributed by atoms with van der Waals surface area (Å²) >= 11 is 0. The quantitative estimate of drug-likeness (QED) is 0.486. The van der Waals surface area contributed by atoms with Gasteiger partial charge in [0.25, 0.3) is 0 Å². The molecule has 1 amide bonds. The predicted octanol–water partition coefficient (Wildman–Crippen LogP) is -0.0784. The summed E-state index contributed by atoms with van der Waals surface area (Å²) in [5, 5.41) is 8.59. The normalized spacial score (nSPS) is 15.3. The van der Waals surface area contributed by atoms with Crippen LogP contribution in [0.4, 0.5) is 0 Å². The van der Waals surface area contributed by atoms with E-state index in [9.17, 15) is 9.36 Å². The summed E-state index contributed by atoms with van der Waals surface area (Å²) in [4.78, 5) is 19.9. The van der Waals surface area contributed by atoms with Crippen LogP contribution in [-0.2, 0) is 13.9 Å². The lowest BCUT2D eigenvalue weighted by atomic mass is 10.5. The van der Waals surface area contributed by atoms with Crippen LogP contribution in [0, 0.1) is 0 Å². The molecule has 7 heteroatoms. The van der Waals surface area contributed by atoms with E-state index < -0.39 is 20.4 Å². The molecule has 0 aromatic carbocycles. The zero-order valence-electron chi connectivity index (χ0n) is 6.93. The van der Waals surface area contributed by atoms with E-state index in [1.54, 1.807) is 0 Å². The first-order chi connectivity index (χ1) is 5.49. The second-order valence-electron chi connectivity index (χ2n) is 1.96. The number of rotatable bonds is 4. The third-order valence-corrected chi connectivity index (χ3v) is 2.70. The first kappa shape index (κ1) is 11.6. The molecule has 12 heavy (non-hydrogen) atoms. The minimum Gasteiger partial charge on any atom is -0.376 e. The molecule has 0 radical (unpaired) electrons. The van der Waals surface area contributed by atoms with Crippen LogP contribution < -0.4 is 0 Å². The van der Waals surface area contributed by atoms with Crippen molar-refractivity contribution in [2.75, 3.05) is 13.8 Å². The van der Waals surface area contributed by atoms with Crippen LogP contribution in [0.3, 0.4) is 0 Å². The largest absolute Gasteiger partial charge is 0.436 e. The highest BCUT2D eigenvalue weighted by atomic mass is 31.2. The van der Waals surface area contributed by atoms with E-state index in [2.05, 4.69) is 4.52 Å². The number of amides is 1. The van der Waals surface area contributed by atoms with Gasteiger partial charge >= 0.3 is 7.75 Å². The molecule has 0 saturated heterocycles. The van der Waals surface area contributed by atoms with Crippen molar-refractivity contribution in [3.05, 3.63) is 0 Å². The Morgan fingerprint density at radius 2 is 2.17 bits per heavy atom. The van der Waals surface area contributed by atoms with Crippen LogP contribution in [-0.4, -0.2) is 34.4 Å². The van der Waals surface area contributed by atoms with Gasteiger partial charge in [-0.3, -0.25) is 9.32 Å². The Hall–Kier alpha value is -0.420. The van der Waals surface area contributed by atoms with Gasteiger partial charge in [0, 0.05) is 13.5 Å². The summed E-state index contributed by atoms with van der Waals surface area (Å²) in [7, 11) is -3.13. The molecule has 0 heterocycles. The zero-order valence-corrected chi connectivity index (χ0v) is 7.82. The van der Waals surface area contributed by atoms with Crippen molar-refractivity contribution in [3.63, 3.8) is 0 Å². The first-order valence-corrected chi connectivity index (χ1v) is 4.82. The maximum absolute atomic E-state index is 11.0. The van der Waals surface area contributed by atoms with E-state index in [4.69, 9.17) is 10.00 Å². The summed E-state index contributed by atoms with van der Waals surface area (Å²) in [6.07, 6.45) is 0.0362. The molecule has 0 aromatic heterocycles. The maximum atomic E-state index is 11.0. The molecular formula is C5H12NO5P. The van der Waals surface area contributed by atoms with Crippen LogP contribution in [0.5, 0.6) is 0 Å². The SMILES string of the molecule is CCC(=O)N(CO)P(=O)(O)OC. The standard InChI is InChI=1S/C5H12NO5P/c1-3-5(8)6(4-7)12(9,10)11-2/h7H,3-4H2,1-2H3,(H,9,10). The molecule has 0 bridgehead atoms. The fourth-order valence-electron chi connectivity index (χ4n) is 0.581. The van der Waals surface area contributed by atoms with Gasteiger partial charge in [0.05, 0.1) is 0 Å². The topological polar surface area (TPSA) is 87.1 Å². The third kappa shape index (κ3) is 2.57. The first-order valence-electron chi connectivity index (χ1n) is 3.29. The maximum Gasteiger partial charge on any atom is 0.436 e. The molecule has 0 rings (SSSR count). The van der Waals surface area contributed by atoms with E-state index in [0.29, 0.717) is 4.67 Å². The van der Waals surface area contributed by atoms with Gasteiger partial charge in [-0.2, -0.15) is 0 Å². The Balaban J connectivity index is 4.55. The van der Waals surface area contributed by atoms with E-state index in [0.717, 1.165) is 7.11 Å². The molecular weight excluding hydrogens is 185 g/mol. The highest BCUT2D eigenvalue weighted by molar-refractivity contribution is 7.50. The predicted molar refractivity (Wildman–Crippen MR) is 41.1 cm³/mol. The van der Waals surface area contributed by atoms with Gasteiger partial charge < -0.3 is 10.00 Å². The minimum absolute atomic E-state index is 0.0362. The summed E-state index contributed by atoms with van der Waals surface area (Å²) < 4.78 is 15.6. The zero-order chi connectivity index (χ0) is 9.78. The van der Waals surface area contributed by atoms with Gasteiger partial charge in [-0.05, 0) is 0 Å². The van der Waals surface area contributed by atoms with Crippen molar-refractivity contribution in [1.29, 1.82) is 0 Å². The second kappa shape index (κ2) is 4.57. The van der Waals surface area contributed by atoms with Gasteiger partial charge in [-0.1, -0.05) is 6.92 Å². The Kier molecular flexibility index (Phi) is 4.41. The molecule has 1 atom stereocenters. The summed E-state index contributed by atoms with van der Waals surface area (Å²) in [6, 6.07) is 0. The lowest BCUT2D eigenvalue weighted by Crippen LogP contribution is -2.28. The van der Waals surface area contributed by atoms with Crippen LogP contribution in [0.15, 0.2) is 0 Å². The molecule has 0 aliphatic carbocycles. The molecule has 6 nitrogen and oxygen atoms in total. The number of hydrogen-bond acceptors (Lipinski definition) is 4. The average molecular weight is 197 g/mol. The Morgan fingerprint density at radius 1 is 1.67 bits per heavy atom. The fourth-order valence-corrected chi connectivity index (χ4v) is 1.36. The lowest BCUT2D eigenvalue weighted by molar-refractivity contribution is -0.129. The molecule has 0 aromatic rings. The van der Waals surface area contributed by atoms with Crippen molar-refractivity contribution >= 4 is 13.7 Å². The molecule has 0 spiro atoms. The average Bonchev–Trinajstić information content (AvgIpc) is 2.05. The number of hydrogen-bond donors (Lipinski definition) is 2. The van der Waals surface area contributed by atoms with Crippen molar-refractivity contribution < 1.29 is 23.9 Å². The van der Waals surface area contributed by atoms with Crippen LogP contribution >= 0.6 is 7.75 Å². The summed E-state index contributed by atoms with van der Waals surface area (Å²) in [5.41, 5.74) is 0. The second-order valence-corrected chi connectivity index (χ2v) is 3.79. The smallest absolute Gasteiger partial charge is 0.376 e. The van der Waals surface area contributed by atoms with Crippen molar-refractivity contribution in [3.8, 4) is 0 Å². The molecule has 1 unspecified atom stereocenters. The van der Waals surface area contributed by atoms with Gasteiger partial charge in [-0.25, -0.2) is 9.24 Å². The highest BCUT2D eigenvalue weighted by Gasteiger charge is 2.31. The summed E-state index contributed by atoms with van der Waals surface area (Å²) in [6.45, 7) is 0.689. The Bertz CT molecular complexity index is 206. The molecule has 0 aliphatic rings. The number of carbonyl (C=O) groups is 1. The Labute approximate surface area is 70.3 Å². The van der Waals surface area contributed by atoms with E-state index in [1.165, 1.54) is 6.92 Å². The fraction of sp³-hybridized carbons (Fsp3) is 0.800. The van der Waals surface area contributed by atoms with Gasteiger partial charge in [0.2, 0.25) is 5.91 Å². The van der Waals surface area contributed by atoms with Crippen LogP contribution in [0.2, 0.25) is 0 Å². The third-order valence-electron chi connectivity index (χ3n) is 1.27. The molecule has 2 N–H and O–H groups in total. The van der Waals surface area contributed by atoms with Crippen LogP contribution in [0.1, 0.15) is 13.3 Å². The van der Waals surface area contributed by atoms with Crippen LogP contribution in [0.25, 0.3) is 0 Å². The van der Waals surface area contributed by atoms with E-state index in [-0.39, 0.29) is 6.42 Å². The molecule has 72 valence electrons. The number of carbonyl (C=O) groups excluding carboxylic acids is 1. The number of aliphatic hydroxyl groups excluding tert-OH is 1. The molecule has 0 fully saturated rings. The number of aliphatic hydroxyl groups is 1. The molecule has 0 saturated carbocycles. The van der Waals surface area contributed by atoms with Gasteiger partial charge in [0.15, 0.2) is 0 Å². The van der Waals surface area contributed by atoms with Crippen molar-refractivity contribution in [1.82, 2.24) is 4.67 Å². The highest BCUT2D eigenvalue weighted by Crippen LogP contribution is 2.45. The number of nitrogens with zero attached hydrogens (tertiary/aromatic N) is 1.